The molecule has 1 N–H and O–H groups in total. The number of terminal acetylenes is 1. The molecular formula is C18H20N4O2. The fourth-order valence-corrected chi connectivity index (χ4v) is 2.77. The Hall–Kier alpha value is -2.94. The lowest BCUT2D eigenvalue weighted by molar-refractivity contribution is 0.211. The fourth-order valence-electron chi connectivity index (χ4n) is 2.77. The molecule has 0 radical (unpaired) electrons. The van der Waals surface area contributed by atoms with Gasteiger partial charge in [-0.25, -0.2) is 9.78 Å². The van der Waals surface area contributed by atoms with Crippen molar-refractivity contribution in [3.05, 3.63) is 42.5 Å². The number of rotatable bonds is 5. The minimum atomic E-state index is -0.266. The van der Waals surface area contributed by atoms with E-state index in [9.17, 15) is 4.79 Å². The lowest BCUT2D eigenvalue weighted by Gasteiger charge is -2.23. The molecule has 0 bridgehead atoms. The summed E-state index contributed by atoms with van der Waals surface area (Å²) >= 11 is 0. The Morgan fingerprint density at radius 3 is 2.92 bits per heavy atom. The lowest BCUT2D eigenvalue weighted by atomic mass is 10.3. The first-order valence-corrected chi connectivity index (χ1v) is 7.99. The number of hydrogen-bond acceptors (Lipinski definition) is 4. The number of nitrogens with one attached hydrogen (secondary N) is 1. The normalized spacial score (nSPS) is 13.5. The summed E-state index contributed by atoms with van der Waals surface area (Å²) in [4.78, 5) is 20.8. The van der Waals surface area contributed by atoms with E-state index in [2.05, 4.69) is 21.1 Å². The zero-order valence-corrected chi connectivity index (χ0v) is 13.4. The van der Waals surface area contributed by atoms with Crippen LogP contribution in [-0.2, 0) is 6.54 Å². The van der Waals surface area contributed by atoms with E-state index in [1.165, 1.54) is 4.90 Å². The van der Waals surface area contributed by atoms with Crippen LogP contribution >= 0.6 is 0 Å². The molecule has 2 aromatic rings. The molecule has 24 heavy (non-hydrogen) atoms. The largest absolute Gasteiger partial charge is 0.467 e. The summed E-state index contributed by atoms with van der Waals surface area (Å²) in [7, 11) is 0. The topological polar surface area (TPSA) is 61.6 Å². The first-order valence-electron chi connectivity index (χ1n) is 7.99. The van der Waals surface area contributed by atoms with Crippen LogP contribution in [0.3, 0.4) is 0 Å². The van der Waals surface area contributed by atoms with Crippen molar-refractivity contribution in [2.45, 2.75) is 19.4 Å². The number of pyridine rings is 1. The quantitative estimate of drug-likeness (QED) is 0.859. The molecule has 1 saturated heterocycles. The highest BCUT2D eigenvalue weighted by molar-refractivity contribution is 5.92. The Balaban J connectivity index is 1.74. The summed E-state index contributed by atoms with van der Waals surface area (Å²) in [6.07, 6.45) is 11.0. The Morgan fingerprint density at radius 2 is 2.21 bits per heavy atom. The fraction of sp³-hybridized carbons (Fsp3) is 0.333. The summed E-state index contributed by atoms with van der Waals surface area (Å²) in [5.41, 5.74) is 0.700. The third-order valence-electron chi connectivity index (χ3n) is 3.93. The van der Waals surface area contributed by atoms with Crippen molar-refractivity contribution in [1.82, 2.24) is 9.88 Å². The maximum atomic E-state index is 12.6. The summed E-state index contributed by atoms with van der Waals surface area (Å²) in [5, 5.41) is 2.93. The second kappa shape index (κ2) is 7.55. The molecule has 1 aliphatic heterocycles. The van der Waals surface area contributed by atoms with Crippen LogP contribution in [0.25, 0.3) is 0 Å². The van der Waals surface area contributed by atoms with Crippen molar-refractivity contribution < 1.29 is 9.21 Å². The van der Waals surface area contributed by atoms with E-state index in [1.54, 1.807) is 18.5 Å². The predicted octanol–water partition coefficient (Wildman–Crippen LogP) is 2.94. The first kappa shape index (κ1) is 15.9. The monoisotopic (exact) mass is 324 g/mol. The number of anilines is 2. The number of carbonyl (C=O) groups is 1. The van der Waals surface area contributed by atoms with Crippen molar-refractivity contribution >= 4 is 17.5 Å². The van der Waals surface area contributed by atoms with Gasteiger partial charge >= 0.3 is 6.03 Å². The Bertz CT molecular complexity index is 715. The highest BCUT2D eigenvalue weighted by Gasteiger charge is 2.20. The Labute approximate surface area is 141 Å². The van der Waals surface area contributed by atoms with Gasteiger partial charge in [-0.15, -0.1) is 6.42 Å². The number of nitrogens with zero attached hydrogens (tertiary/aromatic N) is 3. The van der Waals surface area contributed by atoms with Gasteiger partial charge in [0.15, 0.2) is 5.82 Å². The summed E-state index contributed by atoms with van der Waals surface area (Å²) in [6.45, 7) is 2.44. The summed E-state index contributed by atoms with van der Waals surface area (Å²) < 4.78 is 5.30. The molecule has 2 aromatic heterocycles. The molecule has 1 fully saturated rings. The number of urea groups is 1. The first-order chi connectivity index (χ1) is 11.8. The zero-order chi connectivity index (χ0) is 16.8. The average molecular weight is 324 g/mol. The second-order valence-corrected chi connectivity index (χ2v) is 5.64. The van der Waals surface area contributed by atoms with Crippen LogP contribution < -0.4 is 10.2 Å². The van der Waals surface area contributed by atoms with Gasteiger partial charge in [0.25, 0.3) is 0 Å². The van der Waals surface area contributed by atoms with E-state index < -0.39 is 0 Å². The van der Waals surface area contributed by atoms with Gasteiger partial charge in [-0.2, -0.15) is 0 Å². The molecule has 0 aliphatic carbocycles. The van der Waals surface area contributed by atoms with Gasteiger partial charge in [-0.1, -0.05) is 5.92 Å². The van der Waals surface area contributed by atoms with Crippen molar-refractivity contribution in [2.75, 3.05) is 29.9 Å². The highest BCUT2D eigenvalue weighted by Crippen LogP contribution is 2.26. The molecule has 0 saturated carbocycles. The van der Waals surface area contributed by atoms with Crippen LogP contribution in [0.4, 0.5) is 16.3 Å². The average Bonchev–Trinajstić information content (AvgIpc) is 3.28. The van der Waals surface area contributed by atoms with Gasteiger partial charge < -0.3 is 19.5 Å². The molecule has 3 heterocycles. The molecule has 6 heteroatoms. The molecule has 0 atom stereocenters. The van der Waals surface area contributed by atoms with Crippen molar-refractivity contribution in [3.8, 4) is 12.3 Å². The lowest BCUT2D eigenvalue weighted by Crippen LogP contribution is -2.35. The summed E-state index contributed by atoms with van der Waals surface area (Å²) in [5.74, 6) is 4.01. The number of carbonyl (C=O) groups excluding carboxylic acids is 1. The molecule has 1 aliphatic rings. The standard InChI is InChI=1S/C18H20N4O2/c1-2-10-22(14-15-7-6-13-24-15)18(23)20-16-8-5-9-19-17(16)21-11-3-4-12-21/h1,5-9,13H,3-4,10-12,14H2,(H,20,23). The SMILES string of the molecule is C#CCN(Cc1ccco1)C(=O)Nc1cccnc1N1CCCC1. The van der Waals surface area contributed by atoms with Crippen LogP contribution in [0.5, 0.6) is 0 Å². The van der Waals surface area contributed by atoms with Crippen LogP contribution in [0.1, 0.15) is 18.6 Å². The third kappa shape index (κ3) is 3.69. The molecule has 6 nitrogen and oxygen atoms in total. The van der Waals surface area contributed by atoms with E-state index >= 15 is 0 Å². The maximum Gasteiger partial charge on any atom is 0.323 e. The van der Waals surface area contributed by atoms with E-state index in [0.717, 1.165) is 31.7 Å². The van der Waals surface area contributed by atoms with E-state index in [0.29, 0.717) is 18.0 Å². The van der Waals surface area contributed by atoms with Crippen LogP contribution in [0.2, 0.25) is 0 Å². The minimum Gasteiger partial charge on any atom is -0.467 e. The number of hydrogen-bond donors (Lipinski definition) is 1. The van der Waals surface area contributed by atoms with Crippen molar-refractivity contribution in [2.24, 2.45) is 0 Å². The Morgan fingerprint density at radius 1 is 1.38 bits per heavy atom. The number of amides is 2. The maximum absolute atomic E-state index is 12.6. The van der Waals surface area contributed by atoms with Crippen LogP contribution in [-0.4, -0.2) is 35.5 Å². The van der Waals surface area contributed by atoms with Gasteiger partial charge in [0, 0.05) is 19.3 Å². The molecular weight excluding hydrogens is 304 g/mol. The van der Waals surface area contributed by atoms with Crippen molar-refractivity contribution in [3.63, 3.8) is 0 Å². The smallest absolute Gasteiger partial charge is 0.323 e. The second-order valence-electron chi connectivity index (χ2n) is 5.64. The van der Waals surface area contributed by atoms with Gasteiger partial charge in [-0.05, 0) is 37.1 Å². The van der Waals surface area contributed by atoms with E-state index in [4.69, 9.17) is 10.8 Å². The van der Waals surface area contributed by atoms with Gasteiger partial charge in [0.05, 0.1) is 25.0 Å². The van der Waals surface area contributed by atoms with Gasteiger partial charge in [0.1, 0.15) is 5.76 Å². The van der Waals surface area contributed by atoms with E-state index in [1.807, 2.05) is 18.2 Å². The van der Waals surface area contributed by atoms with Crippen LogP contribution in [0, 0.1) is 12.3 Å². The van der Waals surface area contributed by atoms with Gasteiger partial charge in [-0.3, -0.25) is 0 Å². The molecule has 3 rings (SSSR count). The molecule has 0 unspecified atom stereocenters. The molecule has 2 amide bonds. The highest BCUT2D eigenvalue weighted by atomic mass is 16.3. The third-order valence-corrected chi connectivity index (χ3v) is 3.93. The zero-order valence-electron chi connectivity index (χ0n) is 13.4. The molecule has 0 spiro atoms. The summed E-state index contributed by atoms with van der Waals surface area (Å²) in [6, 6.07) is 7.01. The predicted molar refractivity (Wildman–Crippen MR) is 92.7 cm³/mol. The molecule has 124 valence electrons. The van der Waals surface area contributed by atoms with Crippen LogP contribution in [0.15, 0.2) is 41.1 Å². The molecule has 0 aromatic carbocycles. The van der Waals surface area contributed by atoms with Gasteiger partial charge in [0.2, 0.25) is 0 Å². The van der Waals surface area contributed by atoms with E-state index in [-0.39, 0.29) is 12.6 Å². The number of furan rings is 1. The number of aromatic nitrogens is 1. The Kier molecular flexibility index (Phi) is 5.02. The minimum absolute atomic E-state index is 0.200. The van der Waals surface area contributed by atoms with Crippen molar-refractivity contribution in [1.29, 1.82) is 0 Å².